The van der Waals surface area contributed by atoms with E-state index in [1.54, 1.807) is 0 Å². The van der Waals surface area contributed by atoms with Crippen LogP contribution in [0, 0.1) is 6.92 Å². The lowest BCUT2D eigenvalue weighted by Gasteiger charge is -1.99. The summed E-state index contributed by atoms with van der Waals surface area (Å²) in [6, 6.07) is 2.01. The Morgan fingerprint density at radius 2 is 2.25 bits per heavy atom. The standard InChI is InChI=1S/C9H16N2O/c1-9-5-7-11(10-9)6-3-2-4-8-12/h5,7,12H,2-4,6,8H2,1H3. The molecule has 1 aromatic rings. The molecular weight excluding hydrogens is 152 g/mol. The number of aromatic nitrogens is 2. The van der Waals surface area contributed by atoms with Crippen LogP contribution in [0.15, 0.2) is 12.3 Å². The van der Waals surface area contributed by atoms with Crippen LogP contribution in [0.2, 0.25) is 0 Å². The molecule has 12 heavy (non-hydrogen) atoms. The van der Waals surface area contributed by atoms with Gasteiger partial charge in [-0.2, -0.15) is 5.10 Å². The van der Waals surface area contributed by atoms with Crippen molar-refractivity contribution in [2.45, 2.75) is 32.7 Å². The topological polar surface area (TPSA) is 38.0 Å². The molecule has 3 nitrogen and oxygen atoms in total. The molecule has 0 fully saturated rings. The highest BCUT2D eigenvalue weighted by Crippen LogP contribution is 1.99. The van der Waals surface area contributed by atoms with Crippen molar-refractivity contribution in [1.29, 1.82) is 0 Å². The first-order chi connectivity index (χ1) is 5.83. The Kier molecular flexibility index (Phi) is 3.80. The molecule has 0 bridgehead atoms. The SMILES string of the molecule is Cc1ccn(CCCCCO)n1. The Bertz CT molecular complexity index is 220. The number of aliphatic hydroxyl groups excluding tert-OH is 1. The van der Waals surface area contributed by atoms with Gasteiger partial charge in [-0.05, 0) is 32.3 Å². The quantitative estimate of drug-likeness (QED) is 0.674. The molecule has 0 aliphatic carbocycles. The van der Waals surface area contributed by atoms with Crippen LogP contribution in [-0.4, -0.2) is 21.5 Å². The fourth-order valence-electron chi connectivity index (χ4n) is 1.15. The van der Waals surface area contributed by atoms with Gasteiger partial charge in [0.2, 0.25) is 0 Å². The van der Waals surface area contributed by atoms with Gasteiger partial charge >= 0.3 is 0 Å². The van der Waals surface area contributed by atoms with Crippen molar-refractivity contribution < 1.29 is 5.11 Å². The smallest absolute Gasteiger partial charge is 0.0593 e. The van der Waals surface area contributed by atoms with Gasteiger partial charge in [0.15, 0.2) is 0 Å². The molecule has 3 heteroatoms. The first-order valence-corrected chi connectivity index (χ1v) is 4.44. The van der Waals surface area contributed by atoms with E-state index in [0.29, 0.717) is 6.61 Å². The van der Waals surface area contributed by atoms with Crippen molar-refractivity contribution in [2.75, 3.05) is 6.61 Å². The molecule has 0 radical (unpaired) electrons. The fourth-order valence-corrected chi connectivity index (χ4v) is 1.15. The molecule has 0 unspecified atom stereocenters. The zero-order valence-corrected chi connectivity index (χ0v) is 7.53. The molecule has 1 rings (SSSR count). The van der Waals surface area contributed by atoms with E-state index in [1.807, 2.05) is 23.9 Å². The zero-order valence-electron chi connectivity index (χ0n) is 7.53. The number of aliphatic hydroxyl groups is 1. The predicted molar refractivity (Wildman–Crippen MR) is 47.9 cm³/mol. The van der Waals surface area contributed by atoms with Gasteiger partial charge < -0.3 is 5.11 Å². The van der Waals surface area contributed by atoms with E-state index in [9.17, 15) is 0 Å². The Hall–Kier alpha value is -0.830. The maximum atomic E-state index is 8.55. The second-order valence-corrected chi connectivity index (χ2v) is 3.00. The predicted octanol–water partition coefficient (Wildman–Crippen LogP) is 1.35. The summed E-state index contributed by atoms with van der Waals surface area (Å²) in [6.07, 6.45) is 5.08. The van der Waals surface area contributed by atoms with Crippen molar-refractivity contribution in [2.24, 2.45) is 0 Å². The number of hydrogen-bond donors (Lipinski definition) is 1. The second kappa shape index (κ2) is 4.93. The average molecular weight is 168 g/mol. The maximum Gasteiger partial charge on any atom is 0.0593 e. The van der Waals surface area contributed by atoms with Gasteiger partial charge in [0, 0.05) is 19.3 Å². The van der Waals surface area contributed by atoms with Crippen molar-refractivity contribution in [3.8, 4) is 0 Å². The summed E-state index contributed by atoms with van der Waals surface area (Å²) in [5.74, 6) is 0. The summed E-state index contributed by atoms with van der Waals surface area (Å²) in [5, 5.41) is 12.8. The Morgan fingerprint density at radius 3 is 2.83 bits per heavy atom. The number of hydrogen-bond acceptors (Lipinski definition) is 2. The monoisotopic (exact) mass is 168 g/mol. The molecular formula is C9H16N2O. The van der Waals surface area contributed by atoms with Crippen molar-refractivity contribution in [3.63, 3.8) is 0 Å². The van der Waals surface area contributed by atoms with Gasteiger partial charge in [0.05, 0.1) is 5.69 Å². The van der Waals surface area contributed by atoms with E-state index in [-0.39, 0.29) is 0 Å². The first kappa shape index (κ1) is 9.26. The third kappa shape index (κ3) is 3.05. The third-order valence-electron chi connectivity index (χ3n) is 1.82. The summed E-state index contributed by atoms with van der Waals surface area (Å²) in [5.41, 5.74) is 1.07. The minimum absolute atomic E-state index is 0.304. The van der Waals surface area contributed by atoms with E-state index in [2.05, 4.69) is 5.10 Å². The van der Waals surface area contributed by atoms with E-state index in [4.69, 9.17) is 5.11 Å². The van der Waals surface area contributed by atoms with Crippen molar-refractivity contribution in [1.82, 2.24) is 9.78 Å². The van der Waals surface area contributed by atoms with Crippen LogP contribution >= 0.6 is 0 Å². The lowest BCUT2D eigenvalue weighted by molar-refractivity contribution is 0.281. The lowest BCUT2D eigenvalue weighted by Crippen LogP contribution is -1.99. The van der Waals surface area contributed by atoms with E-state index in [1.165, 1.54) is 0 Å². The molecule has 0 amide bonds. The molecule has 0 saturated carbocycles. The van der Waals surface area contributed by atoms with E-state index >= 15 is 0 Å². The van der Waals surface area contributed by atoms with Crippen LogP contribution in [0.4, 0.5) is 0 Å². The molecule has 0 atom stereocenters. The van der Waals surface area contributed by atoms with Crippen LogP contribution in [0.25, 0.3) is 0 Å². The molecule has 0 spiro atoms. The molecule has 0 aliphatic rings. The molecule has 0 aromatic carbocycles. The summed E-state index contributed by atoms with van der Waals surface area (Å²) in [4.78, 5) is 0. The van der Waals surface area contributed by atoms with Crippen molar-refractivity contribution in [3.05, 3.63) is 18.0 Å². The van der Waals surface area contributed by atoms with Crippen LogP contribution < -0.4 is 0 Å². The van der Waals surface area contributed by atoms with Gasteiger partial charge in [-0.25, -0.2) is 0 Å². The average Bonchev–Trinajstić information content (AvgIpc) is 2.45. The van der Waals surface area contributed by atoms with Gasteiger partial charge in [-0.1, -0.05) is 0 Å². The van der Waals surface area contributed by atoms with Crippen LogP contribution in [0.3, 0.4) is 0 Å². The highest BCUT2D eigenvalue weighted by atomic mass is 16.2. The number of aryl methyl sites for hydroxylation is 2. The molecule has 1 heterocycles. The Morgan fingerprint density at radius 1 is 1.42 bits per heavy atom. The van der Waals surface area contributed by atoms with Crippen LogP contribution in [0.5, 0.6) is 0 Å². The highest BCUT2D eigenvalue weighted by Gasteiger charge is 1.93. The number of nitrogens with zero attached hydrogens (tertiary/aromatic N) is 2. The first-order valence-electron chi connectivity index (χ1n) is 4.44. The number of unbranched alkanes of at least 4 members (excludes halogenated alkanes) is 2. The minimum Gasteiger partial charge on any atom is -0.396 e. The second-order valence-electron chi connectivity index (χ2n) is 3.00. The van der Waals surface area contributed by atoms with E-state index < -0.39 is 0 Å². The van der Waals surface area contributed by atoms with Crippen molar-refractivity contribution >= 4 is 0 Å². The Labute approximate surface area is 73.0 Å². The van der Waals surface area contributed by atoms with Gasteiger partial charge in [0.1, 0.15) is 0 Å². The molecule has 0 saturated heterocycles. The molecule has 68 valence electrons. The maximum absolute atomic E-state index is 8.55. The van der Waals surface area contributed by atoms with E-state index in [0.717, 1.165) is 31.5 Å². The van der Waals surface area contributed by atoms with Gasteiger partial charge in [-0.3, -0.25) is 4.68 Å². The third-order valence-corrected chi connectivity index (χ3v) is 1.82. The summed E-state index contributed by atoms with van der Waals surface area (Å²) in [6.45, 7) is 3.26. The molecule has 0 aliphatic heterocycles. The lowest BCUT2D eigenvalue weighted by atomic mass is 10.2. The summed E-state index contributed by atoms with van der Waals surface area (Å²) >= 11 is 0. The molecule has 1 aromatic heterocycles. The zero-order chi connectivity index (χ0) is 8.81. The highest BCUT2D eigenvalue weighted by molar-refractivity contribution is 4.94. The summed E-state index contributed by atoms with van der Waals surface area (Å²) in [7, 11) is 0. The molecule has 1 N–H and O–H groups in total. The van der Waals surface area contributed by atoms with Gasteiger partial charge in [0.25, 0.3) is 0 Å². The van der Waals surface area contributed by atoms with Crippen LogP contribution in [-0.2, 0) is 6.54 Å². The summed E-state index contributed by atoms with van der Waals surface area (Å²) < 4.78 is 1.95. The largest absolute Gasteiger partial charge is 0.396 e. The Balaban J connectivity index is 2.15. The number of rotatable bonds is 5. The minimum atomic E-state index is 0.304. The van der Waals surface area contributed by atoms with Gasteiger partial charge in [-0.15, -0.1) is 0 Å². The normalized spacial score (nSPS) is 10.5. The van der Waals surface area contributed by atoms with Crippen LogP contribution in [0.1, 0.15) is 25.0 Å². The fraction of sp³-hybridized carbons (Fsp3) is 0.667.